The fourth-order valence-electron chi connectivity index (χ4n) is 2.47. The van der Waals surface area contributed by atoms with E-state index in [2.05, 4.69) is 10.0 Å². The van der Waals surface area contributed by atoms with Crippen molar-refractivity contribution in [3.8, 4) is 5.75 Å². The summed E-state index contributed by atoms with van der Waals surface area (Å²) < 4.78 is 67.3. The van der Waals surface area contributed by atoms with Crippen LogP contribution in [-0.2, 0) is 27.9 Å². The van der Waals surface area contributed by atoms with Crippen LogP contribution in [0.4, 0.5) is 15.8 Å². The second-order valence-electron chi connectivity index (χ2n) is 5.87. The molecule has 3 rings (SSSR count). The summed E-state index contributed by atoms with van der Waals surface area (Å²) in [7, 11) is -4.07. The number of halogens is 1. The van der Waals surface area contributed by atoms with Gasteiger partial charge in [0.25, 0.3) is 0 Å². The second-order valence-corrected chi connectivity index (χ2v) is 8.09. The molecule has 0 fully saturated rings. The Morgan fingerprint density at radius 2 is 1.62 bits per heavy atom. The highest BCUT2D eigenvalue weighted by Gasteiger charge is 2.18. The van der Waals surface area contributed by atoms with E-state index in [4.69, 9.17) is 4.18 Å². The van der Waals surface area contributed by atoms with E-state index in [9.17, 15) is 21.6 Å². The van der Waals surface area contributed by atoms with Crippen LogP contribution in [0.1, 0.15) is 5.56 Å². The molecule has 29 heavy (non-hydrogen) atoms. The van der Waals surface area contributed by atoms with E-state index < -0.39 is 27.2 Å². The summed E-state index contributed by atoms with van der Waals surface area (Å²) in [6.45, 7) is 0.0810. The summed E-state index contributed by atoms with van der Waals surface area (Å²) in [6, 6.07) is 17.5. The van der Waals surface area contributed by atoms with Gasteiger partial charge in [0.2, 0.25) is 0 Å². The first-order valence-corrected chi connectivity index (χ1v) is 10.8. The lowest BCUT2D eigenvalue weighted by Crippen LogP contribution is -2.12. The van der Waals surface area contributed by atoms with E-state index in [-0.39, 0.29) is 17.2 Å². The van der Waals surface area contributed by atoms with Crippen molar-refractivity contribution in [3.63, 3.8) is 0 Å². The van der Waals surface area contributed by atoms with E-state index in [1.165, 1.54) is 24.3 Å². The first-order chi connectivity index (χ1) is 13.8. The number of nitrogens with one attached hydrogen (secondary N) is 2. The number of hydrogen-bond donors (Lipinski definition) is 2. The van der Waals surface area contributed by atoms with Gasteiger partial charge in [-0.1, -0.05) is 18.2 Å². The van der Waals surface area contributed by atoms with Crippen LogP contribution in [0.3, 0.4) is 0 Å². The van der Waals surface area contributed by atoms with E-state index in [0.717, 1.165) is 6.07 Å². The first kappa shape index (κ1) is 20.8. The third-order valence-electron chi connectivity index (χ3n) is 3.82. The zero-order chi connectivity index (χ0) is 20.9. The quantitative estimate of drug-likeness (QED) is 0.415. The van der Waals surface area contributed by atoms with Crippen LogP contribution in [0, 0.1) is 5.82 Å². The SMILES string of the molecule is O=S([O-])Nc1ccc(NCc2cc(F)ccc2OS(=O)(=O)c2ccccc2)cc1. The van der Waals surface area contributed by atoms with Gasteiger partial charge in [-0.25, -0.2) is 4.39 Å². The highest BCUT2D eigenvalue weighted by atomic mass is 32.2. The Balaban J connectivity index is 1.76. The molecule has 3 aromatic carbocycles. The summed E-state index contributed by atoms with van der Waals surface area (Å²) in [5, 5.41) is 3.01. The van der Waals surface area contributed by atoms with Crippen molar-refractivity contribution in [1.29, 1.82) is 0 Å². The Bertz CT molecular complexity index is 1110. The van der Waals surface area contributed by atoms with Crippen LogP contribution in [0.25, 0.3) is 0 Å². The second kappa shape index (κ2) is 9.03. The van der Waals surface area contributed by atoms with Crippen molar-refractivity contribution in [1.82, 2.24) is 0 Å². The number of anilines is 2. The summed E-state index contributed by atoms with van der Waals surface area (Å²) >= 11 is -2.42. The predicted molar refractivity (Wildman–Crippen MR) is 107 cm³/mol. The Morgan fingerprint density at radius 3 is 2.28 bits per heavy atom. The molecule has 7 nitrogen and oxygen atoms in total. The third-order valence-corrected chi connectivity index (χ3v) is 5.47. The van der Waals surface area contributed by atoms with Crippen molar-refractivity contribution in [2.75, 3.05) is 10.0 Å². The van der Waals surface area contributed by atoms with Crippen LogP contribution < -0.4 is 14.2 Å². The van der Waals surface area contributed by atoms with Crippen LogP contribution in [0.2, 0.25) is 0 Å². The molecule has 152 valence electrons. The van der Waals surface area contributed by atoms with Gasteiger partial charge >= 0.3 is 10.1 Å². The van der Waals surface area contributed by atoms with Gasteiger partial charge in [-0.05, 0) is 54.6 Å². The highest BCUT2D eigenvalue weighted by molar-refractivity contribution is 7.87. The molecule has 3 aromatic rings. The summed E-state index contributed by atoms with van der Waals surface area (Å²) in [5.74, 6) is -0.536. The Kier molecular flexibility index (Phi) is 6.47. The number of benzene rings is 3. The molecule has 0 amide bonds. The van der Waals surface area contributed by atoms with Crippen molar-refractivity contribution < 1.29 is 25.8 Å². The van der Waals surface area contributed by atoms with E-state index in [1.807, 2.05) is 0 Å². The molecule has 0 aliphatic rings. The molecule has 1 unspecified atom stereocenters. The minimum atomic E-state index is -4.07. The van der Waals surface area contributed by atoms with Gasteiger partial charge in [-0.2, -0.15) is 8.42 Å². The van der Waals surface area contributed by atoms with Gasteiger partial charge in [0.15, 0.2) is 0 Å². The van der Waals surface area contributed by atoms with Crippen LogP contribution in [0.5, 0.6) is 5.75 Å². The van der Waals surface area contributed by atoms with Crippen LogP contribution in [0.15, 0.2) is 77.7 Å². The lowest BCUT2D eigenvalue weighted by Gasteiger charge is -2.14. The van der Waals surface area contributed by atoms with Crippen molar-refractivity contribution >= 4 is 32.8 Å². The average molecular weight is 435 g/mol. The molecule has 10 heteroatoms. The van der Waals surface area contributed by atoms with Gasteiger partial charge in [-0.3, -0.25) is 4.21 Å². The van der Waals surface area contributed by atoms with Crippen LogP contribution in [-0.4, -0.2) is 17.2 Å². The molecule has 1 atom stereocenters. The normalized spacial score (nSPS) is 12.2. The van der Waals surface area contributed by atoms with Crippen molar-refractivity contribution in [3.05, 3.63) is 84.2 Å². The van der Waals surface area contributed by atoms with Gasteiger partial charge in [0, 0.05) is 34.7 Å². The fourth-order valence-corrected chi connectivity index (χ4v) is 3.78. The molecule has 0 aliphatic carbocycles. The summed E-state index contributed by atoms with van der Waals surface area (Å²) in [5.41, 5.74) is 1.30. The predicted octanol–water partition coefficient (Wildman–Crippen LogP) is 3.41. The monoisotopic (exact) mass is 435 g/mol. The Labute approximate surface area is 170 Å². The molecular weight excluding hydrogens is 419 g/mol. The maximum atomic E-state index is 13.7. The first-order valence-electron chi connectivity index (χ1n) is 8.31. The molecule has 0 aliphatic heterocycles. The maximum Gasteiger partial charge on any atom is 0.339 e. The van der Waals surface area contributed by atoms with Crippen molar-refractivity contribution in [2.45, 2.75) is 11.4 Å². The summed E-state index contributed by atoms with van der Waals surface area (Å²) in [6.07, 6.45) is 0. The minimum Gasteiger partial charge on any atom is -0.755 e. The number of rotatable bonds is 8. The molecule has 0 radical (unpaired) electrons. The molecular formula is C19H16FN2O5S2-. The number of hydrogen-bond acceptors (Lipinski definition) is 6. The van der Waals surface area contributed by atoms with Crippen LogP contribution >= 0.6 is 0 Å². The molecule has 0 saturated carbocycles. The fraction of sp³-hybridized carbons (Fsp3) is 0.0526. The highest BCUT2D eigenvalue weighted by Crippen LogP contribution is 2.25. The molecule has 0 heterocycles. The lowest BCUT2D eigenvalue weighted by atomic mass is 10.2. The molecule has 2 N–H and O–H groups in total. The maximum absolute atomic E-state index is 13.7. The molecule has 0 spiro atoms. The smallest absolute Gasteiger partial charge is 0.339 e. The largest absolute Gasteiger partial charge is 0.755 e. The van der Waals surface area contributed by atoms with Gasteiger partial charge < -0.3 is 18.8 Å². The summed E-state index contributed by atoms with van der Waals surface area (Å²) in [4.78, 5) is -0.0120. The molecule has 0 aromatic heterocycles. The minimum absolute atomic E-state index is 0.00258. The van der Waals surface area contributed by atoms with E-state index in [1.54, 1.807) is 42.5 Å². The van der Waals surface area contributed by atoms with E-state index in [0.29, 0.717) is 16.9 Å². The van der Waals surface area contributed by atoms with E-state index >= 15 is 0 Å². The molecule has 0 saturated heterocycles. The van der Waals surface area contributed by atoms with Gasteiger partial charge in [0.05, 0.1) is 0 Å². The Morgan fingerprint density at radius 1 is 0.966 bits per heavy atom. The van der Waals surface area contributed by atoms with Gasteiger partial charge in [0.1, 0.15) is 16.5 Å². The third kappa shape index (κ3) is 5.76. The Hall–Kier alpha value is -2.95. The zero-order valence-corrected chi connectivity index (χ0v) is 16.5. The van der Waals surface area contributed by atoms with Gasteiger partial charge in [-0.15, -0.1) is 0 Å². The molecule has 0 bridgehead atoms. The van der Waals surface area contributed by atoms with Crippen molar-refractivity contribution in [2.24, 2.45) is 0 Å². The average Bonchev–Trinajstić information content (AvgIpc) is 2.69. The topological polar surface area (TPSA) is 108 Å². The zero-order valence-electron chi connectivity index (χ0n) is 14.9. The standard InChI is InChI=1S/C19H17FN2O5S2/c20-15-6-11-19(27-29(25,26)18-4-2-1-3-5-18)14(12-15)13-21-16-7-9-17(10-8-16)22-28(23)24/h1-12,21-22H,13H2,(H,23,24)/p-1. The lowest BCUT2D eigenvalue weighted by molar-refractivity contribution is 0.482.